The molecule has 0 aliphatic carbocycles. The maximum atomic E-state index is 11.3. The summed E-state index contributed by atoms with van der Waals surface area (Å²) >= 11 is 0. The van der Waals surface area contributed by atoms with Gasteiger partial charge in [-0.3, -0.25) is 9.59 Å². The predicted molar refractivity (Wildman–Crippen MR) is 30.4 cm³/mol. The van der Waals surface area contributed by atoms with Crippen molar-refractivity contribution in [3.05, 3.63) is 0 Å². The van der Waals surface area contributed by atoms with Crippen molar-refractivity contribution in [3.8, 4) is 0 Å². The fourth-order valence-electron chi connectivity index (χ4n) is 0.245. The van der Waals surface area contributed by atoms with E-state index in [9.17, 15) is 35.9 Å². The van der Waals surface area contributed by atoms with E-state index in [0.717, 1.165) is 0 Å². The molecule has 2 nitrogen and oxygen atoms in total. The van der Waals surface area contributed by atoms with Gasteiger partial charge in [-0.15, -0.1) is 0 Å². The van der Waals surface area contributed by atoms with Gasteiger partial charge in [-0.25, -0.2) is 0 Å². The number of alkyl halides is 6. The van der Waals surface area contributed by atoms with Gasteiger partial charge in [0.25, 0.3) is 11.0 Å². The standard InChI is InChI=1S/C4HF6O2P/c5-3(6,7)1(11)13-2(12)4(8,9)10/h13H. The lowest BCUT2D eigenvalue weighted by molar-refractivity contribution is -0.165. The number of carbonyl (C=O) groups is 2. The normalized spacial score (nSPS) is 12.8. The van der Waals surface area contributed by atoms with E-state index in [1.54, 1.807) is 0 Å². The molecule has 0 amide bonds. The summed E-state index contributed by atoms with van der Waals surface area (Å²) in [6.45, 7) is 0. The van der Waals surface area contributed by atoms with E-state index >= 15 is 0 Å². The van der Waals surface area contributed by atoms with Crippen molar-refractivity contribution < 1.29 is 35.9 Å². The van der Waals surface area contributed by atoms with E-state index in [2.05, 4.69) is 0 Å². The number of rotatable bonds is 2. The van der Waals surface area contributed by atoms with Crippen molar-refractivity contribution in [1.82, 2.24) is 0 Å². The molecule has 9 heteroatoms. The monoisotopic (exact) mass is 226 g/mol. The maximum absolute atomic E-state index is 11.3. The molecule has 0 N–H and O–H groups in total. The first-order chi connectivity index (χ1) is 5.55. The van der Waals surface area contributed by atoms with Gasteiger partial charge in [0, 0.05) is 8.58 Å². The summed E-state index contributed by atoms with van der Waals surface area (Å²) in [6, 6.07) is 0. The Kier molecular flexibility index (Phi) is 3.43. The lowest BCUT2D eigenvalue weighted by Crippen LogP contribution is -2.25. The van der Waals surface area contributed by atoms with Gasteiger partial charge >= 0.3 is 12.4 Å². The zero-order chi connectivity index (χ0) is 10.9. The second-order valence-corrected chi connectivity index (χ2v) is 2.94. The highest BCUT2D eigenvalue weighted by Crippen LogP contribution is 2.34. The lowest BCUT2D eigenvalue weighted by Gasteiger charge is -2.05. The third kappa shape index (κ3) is 4.21. The lowest BCUT2D eigenvalue weighted by atomic mass is 10.7. The Hall–Kier alpha value is -0.650. The van der Waals surface area contributed by atoms with Crippen LogP contribution in [0.15, 0.2) is 0 Å². The third-order valence-electron chi connectivity index (χ3n) is 0.742. The molecule has 0 unspecified atom stereocenters. The molecule has 0 aliphatic heterocycles. The molecule has 0 radical (unpaired) electrons. The Morgan fingerprint density at radius 3 is 1.15 bits per heavy atom. The molecule has 0 bridgehead atoms. The van der Waals surface area contributed by atoms with Crippen molar-refractivity contribution in [2.24, 2.45) is 0 Å². The van der Waals surface area contributed by atoms with Crippen molar-refractivity contribution >= 4 is 19.6 Å². The molecule has 0 aromatic rings. The van der Waals surface area contributed by atoms with Crippen LogP contribution in [0.3, 0.4) is 0 Å². The zero-order valence-electron chi connectivity index (χ0n) is 5.58. The van der Waals surface area contributed by atoms with Gasteiger partial charge in [0.15, 0.2) is 0 Å². The minimum absolute atomic E-state index is 2.45. The van der Waals surface area contributed by atoms with Crippen molar-refractivity contribution in [2.75, 3.05) is 0 Å². The van der Waals surface area contributed by atoms with E-state index in [4.69, 9.17) is 0 Å². The van der Waals surface area contributed by atoms with Crippen LogP contribution in [-0.4, -0.2) is 23.4 Å². The van der Waals surface area contributed by atoms with Gasteiger partial charge in [-0.2, -0.15) is 26.3 Å². The second kappa shape index (κ2) is 3.61. The van der Waals surface area contributed by atoms with Crippen LogP contribution in [0.2, 0.25) is 0 Å². The zero-order valence-corrected chi connectivity index (χ0v) is 6.58. The number of carbonyl (C=O) groups excluding carboxylic acids is 2. The first kappa shape index (κ1) is 12.3. The van der Waals surface area contributed by atoms with Crippen LogP contribution < -0.4 is 0 Å². The van der Waals surface area contributed by atoms with Crippen LogP contribution in [0, 0.1) is 0 Å². The molecule has 0 aromatic carbocycles. The summed E-state index contributed by atoms with van der Waals surface area (Å²) < 4.78 is 68.0. The second-order valence-electron chi connectivity index (χ2n) is 1.78. The summed E-state index contributed by atoms with van der Waals surface area (Å²) in [7, 11) is -2.45. The predicted octanol–water partition coefficient (Wildman–Crippen LogP) is 1.84. The summed E-state index contributed by atoms with van der Waals surface area (Å²) in [6.07, 6.45) is -10.8. The molecule has 0 aromatic heterocycles. The molecule has 0 atom stereocenters. The third-order valence-corrected chi connectivity index (χ3v) is 1.76. The maximum Gasteiger partial charge on any atom is 0.454 e. The Bertz CT molecular complexity index is 204. The van der Waals surface area contributed by atoms with E-state index < -0.39 is 32.0 Å². The van der Waals surface area contributed by atoms with Crippen molar-refractivity contribution in [1.29, 1.82) is 0 Å². The molecular weight excluding hydrogens is 225 g/mol. The van der Waals surface area contributed by atoms with E-state index in [0.29, 0.717) is 0 Å². The molecule has 0 aliphatic rings. The smallest absolute Gasteiger partial charge is 0.284 e. The van der Waals surface area contributed by atoms with Crippen LogP contribution in [0.1, 0.15) is 0 Å². The van der Waals surface area contributed by atoms with Gasteiger partial charge in [0.1, 0.15) is 0 Å². The van der Waals surface area contributed by atoms with E-state index in [1.165, 1.54) is 0 Å². The SMILES string of the molecule is O=C(PC(=O)C(F)(F)F)C(F)(F)F. The number of hydrogen-bond donors (Lipinski definition) is 0. The van der Waals surface area contributed by atoms with Gasteiger partial charge < -0.3 is 0 Å². The molecule has 0 heterocycles. The van der Waals surface area contributed by atoms with Crippen LogP contribution in [0.4, 0.5) is 26.3 Å². The number of hydrogen-bond acceptors (Lipinski definition) is 2. The summed E-state index contributed by atoms with van der Waals surface area (Å²) in [5.74, 6) is 0. The highest BCUT2D eigenvalue weighted by molar-refractivity contribution is 7.74. The molecule has 0 rings (SSSR count). The van der Waals surface area contributed by atoms with Crippen molar-refractivity contribution in [2.45, 2.75) is 12.4 Å². The fraction of sp³-hybridized carbons (Fsp3) is 0.500. The molecule has 76 valence electrons. The Labute approximate surface area is 69.1 Å². The van der Waals surface area contributed by atoms with E-state index in [1.807, 2.05) is 0 Å². The molecule has 13 heavy (non-hydrogen) atoms. The Morgan fingerprint density at radius 1 is 0.769 bits per heavy atom. The van der Waals surface area contributed by atoms with Crippen LogP contribution in [0.25, 0.3) is 0 Å². The molecular formula is C4HF6O2P. The highest BCUT2D eigenvalue weighted by Gasteiger charge is 2.46. The Morgan fingerprint density at radius 2 is 1.00 bits per heavy atom. The molecule has 0 fully saturated rings. The molecule has 0 spiro atoms. The van der Waals surface area contributed by atoms with Gasteiger partial charge in [0.2, 0.25) is 0 Å². The largest absolute Gasteiger partial charge is 0.454 e. The average Bonchev–Trinajstić information content (AvgIpc) is 1.82. The summed E-state index contributed by atoms with van der Waals surface area (Å²) in [5, 5.41) is 0. The van der Waals surface area contributed by atoms with Crippen LogP contribution in [-0.2, 0) is 9.59 Å². The van der Waals surface area contributed by atoms with Gasteiger partial charge in [-0.1, -0.05) is 0 Å². The average molecular weight is 226 g/mol. The fourth-order valence-corrected chi connectivity index (χ4v) is 0.735. The van der Waals surface area contributed by atoms with Gasteiger partial charge in [-0.05, 0) is 0 Å². The minimum atomic E-state index is -5.39. The van der Waals surface area contributed by atoms with Crippen molar-refractivity contribution in [3.63, 3.8) is 0 Å². The van der Waals surface area contributed by atoms with Crippen LogP contribution >= 0.6 is 8.58 Å². The summed E-state index contributed by atoms with van der Waals surface area (Å²) in [5.41, 5.74) is -5.34. The quantitative estimate of drug-likeness (QED) is 0.531. The van der Waals surface area contributed by atoms with Crippen LogP contribution in [0.5, 0.6) is 0 Å². The molecule has 0 saturated carbocycles. The summed E-state index contributed by atoms with van der Waals surface area (Å²) in [4.78, 5) is 19.8. The topological polar surface area (TPSA) is 34.1 Å². The van der Waals surface area contributed by atoms with Gasteiger partial charge in [0.05, 0.1) is 0 Å². The highest BCUT2D eigenvalue weighted by atomic mass is 31.1. The Balaban J connectivity index is 4.34. The first-order valence-electron chi connectivity index (χ1n) is 2.54. The van der Waals surface area contributed by atoms with E-state index in [-0.39, 0.29) is 0 Å². The molecule has 0 saturated heterocycles. The first-order valence-corrected chi connectivity index (χ1v) is 3.54. The minimum Gasteiger partial charge on any atom is -0.284 e. The number of halogens is 6.